The summed E-state index contributed by atoms with van der Waals surface area (Å²) >= 11 is 1.70. The van der Waals surface area contributed by atoms with Crippen LogP contribution in [0.15, 0.2) is 34.0 Å². The fourth-order valence-corrected chi connectivity index (χ4v) is 2.38. The van der Waals surface area contributed by atoms with Crippen molar-refractivity contribution in [1.29, 1.82) is 0 Å². The van der Waals surface area contributed by atoms with Crippen LogP contribution >= 0.6 is 11.3 Å². The second-order valence-corrected chi connectivity index (χ2v) is 4.94. The van der Waals surface area contributed by atoms with Crippen LogP contribution in [0.5, 0.6) is 0 Å². The minimum atomic E-state index is 0.0882. The zero-order valence-electron chi connectivity index (χ0n) is 9.59. The van der Waals surface area contributed by atoms with E-state index in [2.05, 4.69) is 16.8 Å². The van der Waals surface area contributed by atoms with E-state index in [1.807, 2.05) is 26.2 Å². The normalized spacial score (nSPS) is 11.2. The van der Waals surface area contributed by atoms with Crippen LogP contribution in [0.2, 0.25) is 0 Å². The van der Waals surface area contributed by atoms with Crippen LogP contribution in [-0.4, -0.2) is 9.13 Å². The fraction of sp³-hybridized carbons (Fsp3) is 0.417. The van der Waals surface area contributed by atoms with E-state index in [-0.39, 0.29) is 11.7 Å². The van der Waals surface area contributed by atoms with Gasteiger partial charge in [-0.2, -0.15) is 11.3 Å². The largest absolute Gasteiger partial charge is 0.328 e. The van der Waals surface area contributed by atoms with Crippen LogP contribution in [0.3, 0.4) is 0 Å². The van der Waals surface area contributed by atoms with Crippen molar-refractivity contribution in [3.8, 4) is 0 Å². The lowest BCUT2D eigenvalue weighted by molar-refractivity contribution is 0.551. The predicted molar refractivity (Wildman–Crippen MR) is 67.1 cm³/mol. The molecule has 2 heterocycles. The highest BCUT2D eigenvalue weighted by atomic mass is 32.1. The maximum Gasteiger partial charge on any atom is 0.328 e. The Morgan fingerprint density at radius 1 is 1.38 bits per heavy atom. The summed E-state index contributed by atoms with van der Waals surface area (Å²) in [4.78, 5) is 11.9. The van der Waals surface area contributed by atoms with E-state index >= 15 is 0 Å². The van der Waals surface area contributed by atoms with Crippen LogP contribution in [0.1, 0.15) is 25.5 Å². The van der Waals surface area contributed by atoms with Gasteiger partial charge in [-0.05, 0) is 42.7 Å². The molecule has 2 rings (SSSR count). The highest BCUT2D eigenvalue weighted by Gasteiger charge is 2.05. The Morgan fingerprint density at radius 3 is 2.75 bits per heavy atom. The molecule has 0 saturated carbocycles. The van der Waals surface area contributed by atoms with E-state index < -0.39 is 0 Å². The summed E-state index contributed by atoms with van der Waals surface area (Å²) in [5.74, 6) is 0. The molecule has 2 aromatic rings. The van der Waals surface area contributed by atoms with Gasteiger partial charge in [0.05, 0.1) is 0 Å². The van der Waals surface area contributed by atoms with E-state index in [0.29, 0.717) is 0 Å². The maximum absolute atomic E-state index is 11.9. The number of rotatable bonds is 4. The van der Waals surface area contributed by atoms with Gasteiger partial charge in [0.2, 0.25) is 0 Å². The molecule has 0 amide bonds. The van der Waals surface area contributed by atoms with Crippen molar-refractivity contribution in [1.82, 2.24) is 9.13 Å². The topological polar surface area (TPSA) is 26.9 Å². The zero-order chi connectivity index (χ0) is 11.5. The summed E-state index contributed by atoms with van der Waals surface area (Å²) in [7, 11) is 0. The third-order valence-electron chi connectivity index (χ3n) is 2.65. The summed E-state index contributed by atoms with van der Waals surface area (Å²) < 4.78 is 3.53. The van der Waals surface area contributed by atoms with Crippen molar-refractivity contribution < 1.29 is 0 Å². The molecule has 0 aliphatic rings. The van der Waals surface area contributed by atoms with Crippen LogP contribution < -0.4 is 5.69 Å². The molecule has 0 unspecified atom stereocenters. The first-order chi connectivity index (χ1) is 7.68. The summed E-state index contributed by atoms with van der Waals surface area (Å²) in [6, 6.07) is 2.34. The molecule has 0 aliphatic carbocycles. The van der Waals surface area contributed by atoms with E-state index in [9.17, 15) is 4.79 Å². The van der Waals surface area contributed by atoms with Gasteiger partial charge in [-0.25, -0.2) is 4.79 Å². The van der Waals surface area contributed by atoms with Gasteiger partial charge in [-0.1, -0.05) is 0 Å². The van der Waals surface area contributed by atoms with Crippen LogP contribution in [0.25, 0.3) is 0 Å². The van der Waals surface area contributed by atoms with Crippen molar-refractivity contribution in [2.75, 3.05) is 0 Å². The van der Waals surface area contributed by atoms with E-state index in [0.717, 1.165) is 13.0 Å². The molecule has 0 saturated heterocycles. The molecule has 86 valence electrons. The second kappa shape index (κ2) is 4.70. The van der Waals surface area contributed by atoms with Crippen molar-refractivity contribution in [2.24, 2.45) is 0 Å². The van der Waals surface area contributed by atoms with Crippen LogP contribution in [0, 0.1) is 0 Å². The summed E-state index contributed by atoms with van der Waals surface area (Å²) in [5.41, 5.74) is 1.39. The molecule has 0 fully saturated rings. The lowest BCUT2D eigenvalue weighted by Crippen LogP contribution is -2.25. The Labute approximate surface area is 99.0 Å². The minimum Gasteiger partial charge on any atom is -0.299 e. The van der Waals surface area contributed by atoms with Crippen molar-refractivity contribution in [3.05, 3.63) is 45.3 Å². The SMILES string of the molecule is CC(C)n1ccn(CCc2ccsc2)c1=O. The van der Waals surface area contributed by atoms with Crippen molar-refractivity contribution in [2.45, 2.75) is 32.9 Å². The highest BCUT2D eigenvalue weighted by molar-refractivity contribution is 7.07. The first kappa shape index (κ1) is 11.2. The van der Waals surface area contributed by atoms with Gasteiger partial charge in [0.1, 0.15) is 0 Å². The molecule has 0 atom stereocenters. The van der Waals surface area contributed by atoms with Crippen molar-refractivity contribution >= 4 is 11.3 Å². The first-order valence-electron chi connectivity index (χ1n) is 5.47. The average Bonchev–Trinajstić information content (AvgIpc) is 2.84. The Hall–Kier alpha value is -1.29. The molecule has 0 spiro atoms. The number of thiophene rings is 1. The van der Waals surface area contributed by atoms with Gasteiger partial charge < -0.3 is 0 Å². The van der Waals surface area contributed by atoms with Gasteiger partial charge in [0.25, 0.3) is 0 Å². The Bertz CT molecular complexity index is 493. The smallest absolute Gasteiger partial charge is 0.299 e. The summed E-state index contributed by atoms with van der Waals surface area (Å²) in [6.07, 6.45) is 4.65. The summed E-state index contributed by atoms with van der Waals surface area (Å²) in [5, 5.41) is 4.20. The van der Waals surface area contributed by atoms with E-state index in [1.165, 1.54) is 5.56 Å². The number of aromatic nitrogens is 2. The number of imidazole rings is 1. The van der Waals surface area contributed by atoms with Gasteiger partial charge in [0, 0.05) is 25.0 Å². The molecule has 0 radical (unpaired) electrons. The molecule has 0 aliphatic heterocycles. The van der Waals surface area contributed by atoms with Crippen molar-refractivity contribution in [3.63, 3.8) is 0 Å². The lowest BCUT2D eigenvalue weighted by Gasteiger charge is -2.04. The third kappa shape index (κ3) is 2.27. The maximum atomic E-state index is 11.9. The average molecular weight is 236 g/mol. The molecule has 16 heavy (non-hydrogen) atoms. The zero-order valence-corrected chi connectivity index (χ0v) is 10.4. The molecule has 2 aromatic heterocycles. The quantitative estimate of drug-likeness (QED) is 0.801. The van der Waals surface area contributed by atoms with E-state index in [4.69, 9.17) is 0 Å². The Kier molecular flexibility index (Phi) is 3.29. The molecular formula is C12H16N2OS. The molecule has 4 heteroatoms. The highest BCUT2D eigenvalue weighted by Crippen LogP contribution is 2.07. The van der Waals surface area contributed by atoms with E-state index in [1.54, 1.807) is 20.5 Å². The monoisotopic (exact) mass is 236 g/mol. The summed E-state index contributed by atoms with van der Waals surface area (Å²) in [6.45, 7) is 4.80. The van der Waals surface area contributed by atoms with Gasteiger partial charge in [-0.15, -0.1) is 0 Å². The first-order valence-corrected chi connectivity index (χ1v) is 6.41. The molecule has 3 nitrogen and oxygen atoms in total. The predicted octanol–water partition coefficient (Wildman–Crippen LogP) is 2.53. The Morgan fingerprint density at radius 2 is 2.19 bits per heavy atom. The lowest BCUT2D eigenvalue weighted by atomic mass is 10.2. The van der Waals surface area contributed by atoms with Gasteiger partial charge in [0.15, 0.2) is 0 Å². The number of aryl methyl sites for hydroxylation is 2. The standard InChI is InChI=1S/C12H16N2OS/c1-10(2)14-7-6-13(12(14)15)5-3-11-4-8-16-9-11/h4,6-10H,3,5H2,1-2H3. The number of nitrogens with zero attached hydrogens (tertiary/aromatic N) is 2. The van der Waals surface area contributed by atoms with Gasteiger partial charge >= 0.3 is 5.69 Å². The minimum absolute atomic E-state index is 0.0882. The number of hydrogen-bond donors (Lipinski definition) is 0. The molecular weight excluding hydrogens is 220 g/mol. The van der Waals surface area contributed by atoms with Gasteiger partial charge in [-0.3, -0.25) is 9.13 Å². The second-order valence-electron chi connectivity index (χ2n) is 4.16. The van der Waals surface area contributed by atoms with Crippen LogP contribution in [-0.2, 0) is 13.0 Å². The fourth-order valence-electron chi connectivity index (χ4n) is 1.68. The third-order valence-corrected chi connectivity index (χ3v) is 3.38. The Balaban J connectivity index is 2.08. The number of hydrogen-bond acceptors (Lipinski definition) is 2. The van der Waals surface area contributed by atoms with Crippen LogP contribution in [0.4, 0.5) is 0 Å². The molecule has 0 aromatic carbocycles. The molecule has 0 bridgehead atoms. The molecule has 0 N–H and O–H groups in total.